The van der Waals surface area contributed by atoms with Gasteiger partial charge in [-0.05, 0) is 0 Å². The summed E-state index contributed by atoms with van der Waals surface area (Å²) in [7, 11) is 0. The molecule has 0 aromatic heterocycles. The minimum absolute atomic E-state index is 0.260. The van der Waals surface area contributed by atoms with Gasteiger partial charge in [0.15, 0.2) is 0 Å². The van der Waals surface area contributed by atoms with Gasteiger partial charge in [-0.1, -0.05) is 0 Å². The van der Waals surface area contributed by atoms with Gasteiger partial charge in [-0.3, -0.25) is 4.90 Å². The summed E-state index contributed by atoms with van der Waals surface area (Å²) in [6.07, 6.45) is -0.260. The van der Waals surface area contributed by atoms with E-state index in [1.54, 1.807) is 0 Å². The second-order valence-corrected chi connectivity index (χ2v) is 7.35. The number of rotatable bonds is 6. The lowest BCUT2D eigenvalue weighted by Crippen LogP contribution is -2.44. The number of aliphatic hydroxyl groups excluding tert-OH is 1. The number of hydrogen-bond acceptors (Lipinski definition) is 6. The summed E-state index contributed by atoms with van der Waals surface area (Å²) in [6, 6.07) is 0. The Morgan fingerprint density at radius 2 is 2.17 bits per heavy atom. The van der Waals surface area contributed by atoms with Gasteiger partial charge < -0.3 is 15.2 Å². The van der Waals surface area contributed by atoms with Crippen molar-refractivity contribution in [3.05, 3.63) is 0 Å². The highest BCUT2D eigenvalue weighted by Crippen LogP contribution is 2.23. The molecule has 2 rings (SSSR count). The second-order valence-electron chi connectivity index (χ2n) is 4.79. The van der Waals surface area contributed by atoms with E-state index in [0.717, 1.165) is 44.6 Å². The summed E-state index contributed by atoms with van der Waals surface area (Å²) in [6.45, 7) is 6.00. The smallest absolute Gasteiger partial charge is 0.0791 e. The van der Waals surface area contributed by atoms with Gasteiger partial charge in [0.25, 0.3) is 0 Å². The molecule has 2 fully saturated rings. The van der Waals surface area contributed by atoms with E-state index < -0.39 is 0 Å². The normalized spacial score (nSPS) is 28.2. The molecule has 0 saturated carbocycles. The Hall–Kier alpha value is 0.540. The molecule has 2 aliphatic heterocycles. The number of nitrogens with zero attached hydrogens (tertiary/aromatic N) is 1. The standard InChI is InChI=1S/C12H24N2O2S2/c15-11(9-14-1-3-16-4-2-14)7-13-8-12-10-17-5-6-18-12/h11-13,15H,1-10H2. The third-order valence-corrected chi connectivity index (χ3v) is 6.05. The molecule has 2 heterocycles. The molecule has 2 aliphatic rings. The topological polar surface area (TPSA) is 44.7 Å². The third kappa shape index (κ3) is 5.67. The quantitative estimate of drug-likeness (QED) is 0.725. The molecule has 0 aliphatic carbocycles. The molecule has 0 aromatic carbocycles. The summed E-state index contributed by atoms with van der Waals surface area (Å²) in [5.41, 5.74) is 0. The van der Waals surface area contributed by atoms with E-state index >= 15 is 0 Å². The first-order chi connectivity index (χ1) is 8.84. The van der Waals surface area contributed by atoms with Gasteiger partial charge >= 0.3 is 0 Å². The lowest BCUT2D eigenvalue weighted by molar-refractivity contribution is 0.0150. The van der Waals surface area contributed by atoms with E-state index in [0.29, 0.717) is 6.54 Å². The van der Waals surface area contributed by atoms with Gasteiger partial charge in [-0.2, -0.15) is 23.5 Å². The van der Waals surface area contributed by atoms with E-state index in [9.17, 15) is 5.11 Å². The van der Waals surface area contributed by atoms with Crippen LogP contribution in [0, 0.1) is 0 Å². The molecule has 0 radical (unpaired) electrons. The Kier molecular flexibility index (Phi) is 7.19. The number of β-amino-alcohol motifs (C(OH)–C–C–N with tert-alkyl or cyclic N) is 1. The number of ether oxygens (including phenoxy) is 1. The van der Waals surface area contributed by atoms with Crippen molar-refractivity contribution < 1.29 is 9.84 Å². The molecule has 106 valence electrons. The predicted octanol–water partition coefficient (Wildman–Crippen LogP) is 0.118. The Balaban J connectivity index is 1.52. The molecule has 0 amide bonds. The van der Waals surface area contributed by atoms with E-state index in [2.05, 4.69) is 22.0 Å². The maximum atomic E-state index is 9.97. The minimum Gasteiger partial charge on any atom is -0.390 e. The van der Waals surface area contributed by atoms with Gasteiger partial charge in [-0.25, -0.2) is 0 Å². The SMILES string of the molecule is OC(CNCC1CSCCS1)CN1CCOCC1. The number of morpholine rings is 1. The van der Waals surface area contributed by atoms with Crippen LogP contribution in [0.2, 0.25) is 0 Å². The summed E-state index contributed by atoms with van der Waals surface area (Å²) >= 11 is 4.10. The largest absolute Gasteiger partial charge is 0.390 e. The van der Waals surface area contributed by atoms with Crippen molar-refractivity contribution in [3.63, 3.8) is 0 Å². The van der Waals surface area contributed by atoms with Crippen molar-refractivity contribution in [2.45, 2.75) is 11.4 Å². The lowest BCUT2D eigenvalue weighted by atomic mass is 10.3. The molecule has 0 bridgehead atoms. The molecule has 0 spiro atoms. The first-order valence-electron chi connectivity index (χ1n) is 6.73. The lowest BCUT2D eigenvalue weighted by Gasteiger charge is -2.29. The van der Waals surface area contributed by atoms with Crippen LogP contribution in [0.1, 0.15) is 0 Å². The van der Waals surface area contributed by atoms with Gasteiger partial charge in [-0.15, -0.1) is 0 Å². The van der Waals surface area contributed by atoms with Crippen LogP contribution in [0.3, 0.4) is 0 Å². The predicted molar refractivity (Wildman–Crippen MR) is 79.7 cm³/mol. The van der Waals surface area contributed by atoms with Crippen LogP contribution in [0.5, 0.6) is 0 Å². The van der Waals surface area contributed by atoms with Crippen LogP contribution in [-0.4, -0.2) is 84.6 Å². The Morgan fingerprint density at radius 3 is 2.89 bits per heavy atom. The molecule has 2 unspecified atom stereocenters. The first kappa shape index (κ1) is 14.9. The number of thioether (sulfide) groups is 2. The summed E-state index contributed by atoms with van der Waals surface area (Å²) in [5, 5.41) is 14.1. The maximum Gasteiger partial charge on any atom is 0.0791 e. The summed E-state index contributed by atoms with van der Waals surface area (Å²) in [5.74, 6) is 3.81. The first-order valence-corrected chi connectivity index (χ1v) is 8.93. The molecule has 6 heteroatoms. The molecule has 4 nitrogen and oxygen atoms in total. The zero-order valence-corrected chi connectivity index (χ0v) is 12.5. The summed E-state index contributed by atoms with van der Waals surface area (Å²) in [4.78, 5) is 2.28. The van der Waals surface area contributed by atoms with Crippen LogP contribution < -0.4 is 5.32 Å². The average molecular weight is 292 g/mol. The van der Waals surface area contributed by atoms with Crippen molar-refractivity contribution in [3.8, 4) is 0 Å². The monoisotopic (exact) mass is 292 g/mol. The Morgan fingerprint density at radius 1 is 1.33 bits per heavy atom. The molecule has 2 atom stereocenters. The molecule has 18 heavy (non-hydrogen) atoms. The zero-order chi connectivity index (χ0) is 12.6. The number of nitrogens with one attached hydrogen (secondary N) is 1. The van der Waals surface area contributed by atoms with E-state index in [1.165, 1.54) is 17.3 Å². The van der Waals surface area contributed by atoms with Gasteiger partial charge in [0, 0.05) is 55.2 Å². The van der Waals surface area contributed by atoms with E-state index in [4.69, 9.17) is 4.74 Å². The highest BCUT2D eigenvalue weighted by molar-refractivity contribution is 8.06. The molecule has 0 aromatic rings. The van der Waals surface area contributed by atoms with E-state index in [-0.39, 0.29) is 6.10 Å². The molecule has 2 N–H and O–H groups in total. The number of hydrogen-bond donors (Lipinski definition) is 2. The highest BCUT2D eigenvalue weighted by Gasteiger charge is 2.16. The van der Waals surface area contributed by atoms with Crippen molar-refractivity contribution in [1.29, 1.82) is 0 Å². The highest BCUT2D eigenvalue weighted by atomic mass is 32.2. The van der Waals surface area contributed by atoms with Crippen molar-refractivity contribution in [1.82, 2.24) is 10.2 Å². The van der Waals surface area contributed by atoms with Crippen molar-refractivity contribution >= 4 is 23.5 Å². The van der Waals surface area contributed by atoms with Gasteiger partial charge in [0.05, 0.1) is 19.3 Å². The van der Waals surface area contributed by atoms with Crippen LogP contribution in [-0.2, 0) is 4.74 Å². The fourth-order valence-electron chi connectivity index (χ4n) is 2.21. The van der Waals surface area contributed by atoms with E-state index in [1.807, 2.05) is 11.8 Å². The minimum atomic E-state index is -0.260. The maximum absolute atomic E-state index is 9.97. The molecular formula is C12H24N2O2S2. The van der Waals surface area contributed by atoms with Crippen molar-refractivity contribution in [2.24, 2.45) is 0 Å². The van der Waals surface area contributed by atoms with Crippen LogP contribution in [0.4, 0.5) is 0 Å². The van der Waals surface area contributed by atoms with Gasteiger partial charge in [0.1, 0.15) is 0 Å². The van der Waals surface area contributed by atoms with Crippen LogP contribution in [0.25, 0.3) is 0 Å². The molecule has 2 saturated heterocycles. The van der Waals surface area contributed by atoms with Crippen LogP contribution >= 0.6 is 23.5 Å². The van der Waals surface area contributed by atoms with Crippen molar-refractivity contribution in [2.75, 3.05) is 63.2 Å². The zero-order valence-electron chi connectivity index (χ0n) is 10.8. The fraction of sp³-hybridized carbons (Fsp3) is 1.00. The fourth-order valence-corrected chi connectivity index (χ4v) is 4.86. The molecular weight excluding hydrogens is 268 g/mol. The second kappa shape index (κ2) is 8.66. The van der Waals surface area contributed by atoms with Crippen LogP contribution in [0.15, 0.2) is 0 Å². The Bertz CT molecular complexity index is 222. The third-order valence-electron chi connectivity index (χ3n) is 3.21. The Labute approximate surface area is 118 Å². The average Bonchev–Trinajstić information content (AvgIpc) is 2.41. The number of aliphatic hydroxyl groups is 1. The summed E-state index contributed by atoms with van der Waals surface area (Å²) < 4.78 is 5.30. The van der Waals surface area contributed by atoms with Gasteiger partial charge in [0.2, 0.25) is 0 Å².